The smallest absolute Gasteiger partial charge is 0.212 e. The lowest BCUT2D eigenvalue weighted by molar-refractivity contribution is 0.767. The van der Waals surface area contributed by atoms with Gasteiger partial charge in [0, 0.05) is 23.2 Å². The molecule has 0 saturated carbocycles. The zero-order valence-electron chi connectivity index (χ0n) is 11.5. The molecule has 0 amide bonds. The predicted molar refractivity (Wildman–Crippen MR) is 88.3 cm³/mol. The van der Waals surface area contributed by atoms with Crippen molar-refractivity contribution in [2.24, 2.45) is 5.10 Å². The van der Waals surface area contributed by atoms with E-state index in [4.69, 9.17) is 11.6 Å². The molecule has 0 unspecified atom stereocenters. The summed E-state index contributed by atoms with van der Waals surface area (Å²) in [7, 11) is 0. The fourth-order valence-electron chi connectivity index (χ4n) is 1.73. The molecule has 0 aliphatic heterocycles. The molecule has 0 atom stereocenters. The predicted octanol–water partition coefficient (Wildman–Crippen LogP) is 3.50. The second-order valence-electron chi connectivity index (χ2n) is 4.36. The van der Waals surface area contributed by atoms with Crippen LogP contribution in [0.2, 0.25) is 5.02 Å². The maximum absolute atomic E-state index is 6.15. The van der Waals surface area contributed by atoms with E-state index in [1.54, 1.807) is 29.6 Å². The van der Waals surface area contributed by atoms with E-state index in [9.17, 15) is 0 Å². The first-order chi connectivity index (χ1) is 10.8. The van der Waals surface area contributed by atoms with E-state index in [1.807, 2.05) is 36.4 Å². The molecular formula is C15H12ClN5S. The molecule has 7 heteroatoms. The number of thioether (sulfide) groups is 1. The SMILES string of the molecule is Clc1ccccc1CSc1nncn1/N=C\c1ccncc1. The van der Waals surface area contributed by atoms with Gasteiger partial charge in [-0.1, -0.05) is 41.6 Å². The normalized spacial score (nSPS) is 11.1. The molecule has 0 aliphatic rings. The van der Waals surface area contributed by atoms with Crippen LogP contribution < -0.4 is 0 Å². The van der Waals surface area contributed by atoms with Gasteiger partial charge < -0.3 is 0 Å². The highest BCUT2D eigenvalue weighted by Crippen LogP contribution is 2.25. The van der Waals surface area contributed by atoms with Crippen molar-refractivity contribution >= 4 is 29.6 Å². The third-order valence-corrected chi connectivity index (χ3v) is 4.20. The summed E-state index contributed by atoms with van der Waals surface area (Å²) in [5, 5.41) is 13.8. The average Bonchev–Trinajstić information content (AvgIpc) is 3.01. The number of hydrogen-bond donors (Lipinski definition) is 0. The maximum Gasteiger partial charge on any atom is 0.212 e. The Kier molecular flexibility index (Phi) is 4.82. The first-order valence-corrected chi connectivity index (χ1v) is 7.90. The van der Waals surface area contributed by atoms with E-state index >= 15 is 0 Å². The molecule has 3 rings (SSSR count). The van der Waals surface area contributed by atoms with Gasteiger partial charge in [0.1, 0.15) is 6.33 Å². The van der Waals surface area contributed by atoms with Gasteiger partial charge in [0.05, 0.1) is 6.21 Å². The number of halogens is 1. The van der Waals surface area contributed by atoms with E-state index < -0.39 is 0 Å². The second kappa shape index (κ2) is 7.20. The Bertz CT molecular complexity index is 772. The molecule has 0 aliphatic carbocycles. The number of nitrogens with zero attached hydrogens (tertiary/aromatic N) is 5. The first kappa shape index (κ1) is 14.7. The fraction of sp³-hybridized carbons (Fsp3) is 0.0667. The van der Waals surface area contributed by atoms with Crippen LogP contribution in [0.15, 0.2) is 65.4 Å². The van der Waals surface area contributed by atoms with Crippen molar-refractivity contribution in [2.75, 3.05) is 0 Å². The Morgan fingerprint density at radius 1 is 1.18 bits per heavy atom. The summed E-state index contributed by atoms with van der Waals surface area (Å²) in [6.07, 6.45) is 6.76. The van der Waals surface area contributed by atoms with Gasteiger partial charge in [-0.3, -0.25) is 4.98 Å². The van der Waals surface area contributed by atoms with Gasteiger partial charge in [-0.15, -0.1) is 10.2 Å². The van der Waals surface area contributed by atoms with Gasteiger partial charge in [0.2, 0.25) is 5.16 Å². The number of pyridine rings is 1. The molecule has 5 nitrogen and oxygen atoms in total. The van der Waals surface area contributed by atoms with E-state index in [0.29, 0.717) is 10.9 Å². The van der Waals surface area contributed by atoms with Crippen molar-refractivity contribution < 1.29 is 0 Å². The van der Waals surface area contributed by atoms with Crippen molar-refractivity contribution in [1.82, 2.24) is 19.9 Å². The molecule has 1 aromatic carbocycles. The van der Waals surface area contributed by atoms with Crippen molar-refractivity contribution in [3.63, 3.8) is 0 Å². The molecule has 0 spiro atoms. The average molecular weight is 330 g/mol. The van der Waals surface area contributed by atoms with E-state index in [0.717, 1.165) is 16.1 Å². The molecule has 0 bridgehead atoms. The van der Waals surface area contributed by atoms with Crippen LogP contribution in [-0.4, -0.2) is 26.1 Å². The topological polar surface area (TPSA) is 56.0 Å². The van der Waals surface area contributed by atoms with Crippen molar-refractivity contribution in [1.29, 1.82) is 0 Å². The quantitative estimate of drug-likeness (QED) is 0.531. The number of hydrogen-bond acceptors (Lipinski definition) is 5. The number of benzene rings is 1. The number of rotatable bonds is 5. The van der Waals surface area contributed by atoms with Crippen LogP contribution in [0, 0.1) is 0 Å². The lowest BCUT2D eigenvalue weighted by Crippen LogP contribution is -1.93. The minimum atomic E-state index is 0.711. The lowest BCUT2D eigenvalue weighted by Gasteiger charge is -2.03. The van der Waals surface area contributed by atoms with Crippen LogP contribution in [0.4, 0.5) is 0 Å². The van der Waals surface area contributed by atoms with Gasteiger partial charge in [-0.05, 0) is 29.3 Å². The molecule has 22 heavy (non-hydrogen) atoms. The van der Waals surface area contributed by atoms with Gasteiger partial charge in [0.25, 0.3) is 0 Å². The molecule has 2 aromatic heterocycles. The summed E-state index contributed by atoms with van der Waals surface area (Å²) in [6, 6.07) is 11.5. The van der Waals surface area contributed by atoms with E-state index in [1.165, 1.54) is 11.8 Å². The Hall–Kier alpha value is -2.18. The van der Waals surface area contributed by atoms with Crippen molar-refractivity contribution in [3.05, 3.63) is 71.3 Å². The van der Waals surface area contributed by atoms with Crippen LogP contribution in [-0.2, 0) is 5.75 Å². The standard InChI is InChI=1S/C15H12ClN5S/c16-14-4-2-1-3-13(14)10-22-15-20-18-11-21(15)19-9-12-5-7-17-8-6-12/h1-9,11H,10H2/b19-9-. The van der Waals surface area contributed by atoms with Crippen LogP contribution in [0.3, 0.4) is 0 Å². The zero-order chi connectivity index (χ0) is 15.2. The summed E-state index contributed by atoms with van der Waals surface area (Å²) >= 11 is 7.69. The zero-order valence-corrected chi connectivity index (χ0v) is 13.1. The molecule has 0 saturated heterocycles. The minimum Gasteiger partial charge on any atom is -0.265 e. The summed E-state index contributed by atoms with van der Waals surface area (Å²) in [5.41, 5.74) is 2.02. The Labute approximate surface area is 137 Å². The fourth-order valence-corrected chi connectivity index (χ4v) is 2.88. The molecule has 3 aromatic rings. The Morgan fingerprint density at radius 2 is 2.00 bits per heavy atom. The minimum absolute atomic E-state index is 0.711. The van der Waals surface area contributed by atoms with Crippen molar-refractivity contribution in [3.8, 4) is 0 Å². The van der Waals surface area contributed by atoms with Gasteiger partial charge in [-0.2, -0.15) is 9.78 Å². The summed E-state index contributed by atoms with van der Waals surface area (Å²) in [4.78, 5) is 3.97. The molecule has 0 fully saturated rings. The van der Waals surface area contributed by atoms with Gasteiger partial charge in [0.15, 0.2) is 0 Å². The molecule has 0 radical (unpaired) electrons. The highest BCUT2D eigenvalue weighted by molar-refractivity contribution is 7.98. The van der Waals surface area contributed by atoms with E-state index in [-0.39, 0.29) is 0 Å². The monoisotopic (exact) mass is 329 g/mol. The highest BCUT2D eigenvalue weighted by atomic mass is 35.5. The molecule has 0 N–H and O–H groups in total. The van der Waals surface area contributed by atoms with Crippen molar-refractivity contribution in [2.45, 2.75) is 10.9 Å². The molecule has 2 heterocycles. The van der Waals surface area contributed by atoms with Crippen LogP contribution in [0.1, 0.15) is 11.1 Å². The van der Waals surface area contributed by atoms with Crippen LogP contribution in [0.25, 0.3) is 0 Å². The highest BCUT2D eigenvalue weighted by Gasteiger charge is 2.06. The number of aromatic nitrogens is 4. The van der Waals surface area contributed by atoms with Crippen LogP contribution >= 0.6 is 23.4 Å². The second-order valence-corrected chi connectivity index (χ2v) is 5.71. The summed E-state index contributed by atoms with van der Waals surface area (Å²) < 4.78 is 1.64. The third-order valence-electron chi connectivity index (χ3n) is 2.85. The third kappa shape index (κ3) is 3.72. The van der Waals surface area contributed by atoms with E-state index in [2.05, 4.69) is 20.3 Å². The summed E-state index contributed by atoms with van der Waals surface area (Å²) in [6.45, 7) is 0. The molecule has 110 valence electrons. The first-order valence-electron chi connectivity index (χ1n) is 6.53. The van der Waals surface area contributed by atoms with Gasteiger partial charge >= 0.3 is 0 Å². The summed E-state index contributed by atoms with van der Waals surface area (Å²) in [5.74, 6) is 0.711. The molecular weight excluding hydrogens is 318 g/mol. The largest absolute Gasteiger partial charge is 0.265 e. The van der Waals surface area contributed by atoms with Crippen LogP contribution in [0.5, 0.6) is 0 Å². The lowest BCUT2D eigenvalue weighted by atomic mass is 10.2. The Morgan fingerprint density at radius 3 is 2.82 bits per heavy atom. The van der Waals surface area contributed by atoms with Gasteiger partial charge in [-0.25, -0.2) is 0 Å². The Balaban J connectivity index is 1.70. The maximum atomic E-state index is 6.15.